The van der Waals surface area contributed by atoms with Gasteiger partial charge in [-0.2, -0.15) is 0 Å². The van der Waals surface area contributed by atoms with Gasteiger partial charge in [0.2, 0.25) is 0 Å². The second-order valence-electron chi connectivity index (χ2n) is 6.72. The monoisotopic (exact) mass is 419 g/mol. The number of nitrogens with one attached hydrogen (secondary N) is 1. The summed E-state index contributed by atoms with van der Waals surface area (Å²) < 4.78 is 24.3. The van der Waals surface area contributed by atoms with Gasteiger partial charge in [-0.15, -0.1) is 0 Å². The molecule has 5 nitrogen and oxygen atoms in total. The van der Waals surface area contributed by atoms with Crippen LogP contribution in [0.5, 0.6) is 5.75 Å². The Balaban J connectivity index is 1.47. The molecule has 0 radical (unpaired) electrons. The fourth-order valence-corrected chi connectivity index (χ4v) is 2.65. The van der Waals surface area contributed by atoms with Gasteiger partial charge in [0.05, 0.1) is 0 Å². The number of ether oxygens (including phenoxy) is 2. The molecule has 0 aromatic heterocycles. The molecular weight excluding hydrogens is 397 g/mol. The summed E-state index contributed by atoms with van der Waals surface area (Å²) in [5.74, 6) is -1.01. The first-order chi connectivity index (χ1) is 15.0. The maximum absolute atomic E-state index is 13.6. The molecule has 158 valence electrons. The van der Waals surface area contributed by atoms with Crippen molar-refractivity contribution in [3.63, 3.8) is 0 Å². The van der Waals surface area contributed by atoms with E-state index in [0.717, 1.165) is 11.6 Å². The topological polar surface area (TPSA) is 64.6 Å². The third kappa shape index (κ3) is 6.82. The summed E-state index contributed by atoms with van der Waals surface area (Å²) in [5, 5.41) is 2.68. The number of hydrogen-bond donors (Lipinski definition) is 1. The number of esters is 1. The Kier molecular flexibility index (Phi) is 7.54. The zero-order valence-electron chi connectivity index (χ0n) is 17.0. The van der Waals surface area contributed by atoms with Gasteiger partial charge in [-0.25, -0.2) is 9.18 Å². The molecule has 1 amide bonds. The molecule has 0 fully saturated rings. The molecule has 3 rings (SSSR count). The van der Waals surface area contributed by atoms with Crippen molar-refractivity contribution in [3.8, 4) is 5.75 Å². The third-order valence-corrected chi connectivity index (χ3v) is 4.34. The lowest BCUT2D eigenvalue weighted by Crippen LogP contribution is -2.29. The molecule has 0 bridgehead atoms. The van der Waals surface area contributed by atoms with Crippen LogP contribution in [0.4, 0.5) is 10.1 Å². The second-order valence-corrected chi connectivity index (χ2v) is 6.72. The zero-order valence-corrected chi connectivity index (χ0v) is 17.0. The van der Waals surface area contributed by atoms with Gasteiger partial charge in [-0.3, -0.25) is 4.79 Å². The first-order valence-electron chi connectivity index (χ1n) is 9.72. The molecule has 31 heavy (non-hydrogen) atoms. The van der Waals surface area contributed by atoms with Crippen molar-refractivity contribution in [2.75, 3.05) is 5.32 Å². The highest BCUT2D eigenvalue weighted by molar-refractivity contribution is 5.96. The molecule has 3 aromatic rings. The molecule has 6 heteroatoms. The van der Waals surface area contributed by atoms with Gasteiger partial charge in [0.15, 0.2) is 6.10 Å². The van der Waals surface area contributed by atoms with E-state index in [1.807, 2.05) is 30.3 Å². The standard InChI is InChI=1S/C25H22FNO4/c1-18(31-24(28)16-11-20-9-5-6-10-23(20)26)25(29)27-21-12-14-22(15-13-21)30-17-19-7-3-2-4-8-19/h2-16,18H,17H2,1H3,(H,27,29)/b16-11+/t18-/m0/s1. The minimum absolute atomic E-state index is 0.256. The van der Waals surface area contributed by atoms with Crippen LogP contribution in [0.25, 0.3) is 6.08 Å². The average molecular weight is 419 g/mol. The fraction of sp³-hybridized carbons (Fsp3) is 0.120. The molecule has 0 aliphatic carbocycles. The van der Waals surface area contributed by atoms with Crippen LogP contribution < -0.4 is 10.1 Å². The smallest absolute Gasteiger partial charge is 0.331 e. The molecule has 0 aliphatic rings. The van der Waals surface area contributed by atoms with Crippen molar-refractivity contribution in [2.45, 2.75) is 19.6 Å². The summed E-state index contributed by atoms with van der Waals surface area (Å²) in [6, 6.07) is 22.7. The largest absolute Gasteiger partial charge is 0.489 e. The summed E-state index contributed by atoms with van der Waals surface area (Å²) in [4.78, 5) is 24.2. The summed E-state index contributed by atoms with van der Waals surface area (Å²) in [7, 11) is 0. The lowest BCUT2D eigenvalue weighted by atomic mass is 10.2. The van der Waals surface area contributed by atoms with Gasteiger partial charge >= 0.3 is 5.97 Å². The molecule has 0 saturated heterocycles. The number of benzene rings is 3. The quantitative estimate of drug-likeness (QED) is 0.413. The van der Waals surface area contributed by atoms with Crippen LogP contribution in [0, 0.1) is 5.82 Å². The Bertz CT molecular complexity index is 1050. The Morgan fingerprint density at radius 2 is 1.65 bits per heavy atom. The summed E-state index contributed by atoms with van der Waals surface area (Å²) in [6.07, 6.45) is 1.36. The number of rotatable bonds is 8. The first kappa shape index (κ1) is 21.8. The molecular formula is C25H22FNO4. The maximum Gasteiger partial charge on any atom is 0.331 e. The van der Waals surface area contributed by atoms with E-state index in [1.54, 1.807) is 36.4 Å². The molecule has 0 aliphatic heterocycles. The van der Waals surface area contributed by atoms with Crippen LogP contribution in [0.3, 0.4) is 0 Å². The van der Waals surface area contributed by atoms with Crippen LogP contribution in [-0.4, -0.2) is 18.0 Å². The van der Waals surface area contributed by atoms with E-state index in [-0.39, 0.29) is 5.56 Å². The summed E-state index contributed by atoms with van der Waals surface area (Å²) in [5.41, 5.74) is 1.85. The molecule has 0 spiro atoms. The first-order valence-corrected chi connectivity index (χ1v) is 9.72. The number of carbonyl (C=O) groups excluding carboxylic acids is 2. The van der Waals surface area contributed by atoms with Crippen molar-refractivity contribution in [2.24, 2.45) is 0 Å². The Morgan fingerprint density at radius 3 is 2.35 bits per heavy atom. The van der Waals surface area contributed by atoms with E-state index in [1.165, 1.54) is 25.1 Å². The lowest BCUT2D eigenvalue weighted by Gasteiger charge is -2.13. The van der Waals surface area contributed by atoms with Crippen molar-refractivity contribution >= 4 is 23.6 Å². The Hall–Kier alpha value is -3.93. The third-order valence-electron chi connectivity index (χ3n) is 4.34. The minimum atomic E-state index is -1.02. The van der Waals surface area contributed by atoms with Crippen molar-refractivity contribution in [1.82, 2.24) is 0 Å². The van der Waals surface area contributed by atoms with Crippen LogP contribution >= 0.6 is 0 Å². The van der Waals surface area contributed by atoms with Crippen LogP contribution in [-0.2, 0) is 20.9 Å². The molecule has 1 atom stereocenters. The van der Waals surface area contributed by atoms with E-state index < -0.39 is 23.8 Å². The Morgan fingerprint density at radius 1 is 0.968 bits per heavy atom. The lowest BCUT2D eigenvalue weighted by molar-refractivity contribution is -0.148. The van der Waals surface area contributed by atoms with E-state index in [9.17, 15) is 14.0 Å². The summed E-state index contributed by atoms with van der Waals surface area (Å²) in [6.45, 7) is 1.90. The molecule has 1 N–H and O–H groups in total. The number of carbonyl (C=O) groups is 2. The van der Waals surface area contributed by atoms with Gasteiger partial charge in [0, 0.05) is 17.3 Å². The van der Waals surface area contributed by atoms with Gasteiger partial charge in [0.25, 0.3) is 5.91 Å². The minimum Gasteiger partial charge on any atom is -0.489 e. The van der Waals surface area contributed by atoms with Gasteiger partial charge in [0.1, 0.15) is 18.2 Å². The highest BCUT2D eigenvalue weighted by Crippen LogP contribution is 2.17. The van der Waals surface area contributed by atoms with Gasteiger partial charge in [-0.05, 0) is 48.9 Å². The SMILES string of the molecule is C[C@H](OC(=O)/C=C/c1ccccc1F)C(=O)Nc1ccc(OCc2ccccc2)cc1. The molecule has 3 aromatic carbocycles. The zero-order chi connectivity index (χ0) is 22.1. The highest BCUT2D eigenvalue weighted by Gasteiger charge is 2.16. The van der Waals surface area contributed by atoms with E-state index in [0.29, 0.717) is 18.0 Å². The van der Waals surface area contributed by atoms with Crippen molar-refractivity contribution in [1.29, 1.82) is 0 Å². The normalized spacial score (nSPS) is 11.7. The van der Waals surface area contributed by atoms with Crippen LogP contribution in [0.15, 0.2) is 84.9 Å². The van der Waals surface area contributed by atoms with E-state index in [4.69, 9.17) is 9.47 Å². The average Bonchev–Trinajstić information content (AvgIpc) is 2.78. The van der Waals surface area contributed by atoms with Gasteiger partial charge in [-0.1, -0.05) is 48.5 Å². The summed E-state index contributed by atoms with van der Waals surface area (Å²) >= 11 is 0. The number of anilines is 1. The van der Waals surface area contributed by atoms with E-state index >= 15 is 0 Å². The predicted molar refractivity (Wildman–Crippen MR) is 117 cm³/mol. The number of hydrogen-bond acceptors (Lipinski definition) is 4. The number of amides is 1. The van der Waals surface area contributed by atoms with E-state index in [2.05, 4.69) is 5.32 Å². The molecule has 0 unspecified atom stereocenters. The van der Waals surface area contributed by atoms with Crippen molar-refractivity contribution < 1.29 is 23.5 Å². The van der Waals surface area contributed by atoms with Crippen LogP contribution in [0.2, 0.25) is 0 Å². The second kappa shape index (κ2) is 10.7. The maximum atomic E-state index is 13.6. The van der Waals surface area contributed by atoms with Crippen LogP contribution in [0.1, 0.15) is 18.1 Å². The van der Waals surface area contributed by atoms with Gasteiger partial charge < -0.3 is 14.8 Å². The predicted octanol–water partition coefficient (Wildman–Crippen LogP) is 4.99. The van der Waals surface area contributed by atoms with Crippen molar-refractivity contribution in [3.05, 3.63) is 102 Å². The molecule has 0 saturated carbocycles. The highest BCUT2D eigenvalue weighted by atomic mass is 19.1. The fourth-order valence-electron chi connectivity index (χ4n) is 2.65. The molecule has 0 heterocycles. The Labute approximate surface area is 180 Å². The number of halogens is 1.